The van der Waals surface area contributed by atoms with Crippen LogP contribution >= 0.6 is 11.8 Å². The molecule has 1 aromatic heterocycles. The average molecular weight is 228 g/mol. The number of thioether (sulfide) groups is 1. The van der Waals surface area contributed by atoms with Crippen LogP contribution in [0.1, 0.15) is 25.1 Å². The predicted octanol–water partition coefficient (Wildman–Crippen LogP) is 1.86. The van der Waals surface area contributed by atoms with Crippen LogP contribution < -0.4 is 0 Å². The molecule has 1 aromatic rings. The summed E-state index contributed by atoms with van der Waals surface area (Å²) in [6.07, 6.45) is 9.36. The monoisotopic (exact) mass is 228 g/mol. The first-order valence-corrected chi connectivity index (χ1v) is 6.76. The van der Waals surface area contributed by atoms with Gasteiger partial charge in [-0.2, -0.15) is 11.8 Å². The van der Waals surface area contributed by atoms with E-state index in [9.17, 15) is 5.11 Å². The highest BCUT2D eigenvalue weighted by Gasteiger charge is 2.06. The maximum atomic E-state index is 9.72. The minimum Gasteiger partial charge on any atom is -0.393 e. The number of aryl methyl sites for hydroxylation is 2. The fourth-order valence-corrected chi connectivity index (χ4v) is 2.00. The Morgan fingerprint density at radius 3 is 2.93 bits per heavy atom. The van der Waals surface area contributed by atoms with Gasteiger partial charge in [-0.15, -0.1) is 0 Å². The van der Waals surface area contributed by atoms with E-state index in [4.69, 9.17) is 0 Å². The fraction of sp³-hybridized carbons (Fsp3) is 0.727. The van der Waals surface area contributed by atoms with Gasteiger partial charge < -0.3 is 9.67 Å². The fourth-order valence-electron chi connectivity index (χ4n) is 1.54. The molecule has 0 aromatic carbocycles. The molecule has 1 unspecified atom stereocenters. The summed E-state index contributed by atoms with van der Waals surface area (Å²) in [4.78, 5) is 4.23. The summed E-state index contributed by atoms with van der Waals surface area (Å²) in [7, 11) is 1.99. The van der Waals surface area contributed by atoms with Crippen molar-refractivity contribution < 1.29 is 5.11 Å². The zero-order chi connectivity index (χ0) is 11.1. The SMILES string of the molecule is CSCCCC(O)CCc1nccn1C. The third kappa shape index (κ3) is 4.71. The number of hydrogen-bond donors (Lipinski definition) is 1. The molecular formula is C11H20N2OS. The molecule has 4 heteroatoms. The molecule has 1 heterocycles. The Hall–Kier alpha value is -0.480. The number of aliphatic hydroxyl groups is 1. The lowest BCUT2D eigenvalue weighted by molar-refractivity contribution is 0.153. The maximum absolute atomic E-state index is 9.72. The Labute approximate surface area is 95.9 Å². The van der Waals surface area contributed by atoms with Crippen LogP contribution in [0.5, 0.6) is 0 Å². The van der Waals surface area contributed by atoms with Gasteiger partial charge in [-0.05, 0) is 31.3 Å². The number of rotatable bonds is 7. The summed E-state index contributed by atoms with van der Waals surface area (Å²) in [5, 5.41) is 9.72. The van der Waals surface area contributed by atoms with Crippen LogP contribution in [-0.2, 0) is 13.5 Å². The molecule has 3 nitrogen and oxygen atoms in total. The highest BCUT2D eigenvalue weighted by atomic mass is 32.2. The molecule has 0 spiro atoms. The van der Waals surface area contributed by atoms with E-state index < -0.39 is 0 Å². The number of nitrogens with zero attached hydrogens (tertiary/aromatic N) is 2. The Balaban J connectivity index is 2.16. The van der Waals surface area contributed by atoms with Gasteiger partial charge in [0.05, 0.1) is 6.10 Å². The second kappa shape index (κ2) is 6.90. The Kier molecular flexibility index (Phi) is 5.79. The number of imidazole rings is 1. The molecule has 1 N–H and O–H groups in total. The predicted molar refractivity (Wildman–Crippen MR) is 65.2 cm³/mol. The van der Waals surface area contributed by atoms with Crippen molar-refractivity contribution in [2.45, 2.75) is 31.8 Å². The summed E-state index contributed by atoms with van der Waals surface area (Å²) < 4.78 is 2.01. The van der Waals surface area contributed by atoms with E-state index in [1.165, 1.54) is 0 Å². The van der Waals surface area contributed by atoms with Gasteiger partial charge in [0.1, 0.15) is 5.82 Å². The van der Waals surface area contributed by atoms with Gasteiger partial charge in [-0.3, -0.25) is 0 Å². The molecule has 0 aliphatic carbocycles. The topological polar surface area (TPSA) is 38.1 Å². The van der Waals surface area contributed by atoms with E-state index in [1.807, 2.05) is 29.6 Å². The van der Waals surface area contributed by atoms with Gasteiger partial charge in [0.25, 0.3) is 0 Å². The molecule has 0 saturated carbocycles. The van der Waals surface area contributed by atoms with E-state index in [1.54, 1.807) is 6.20 Å². The average Bonchev–Trinajstić information content (AvgIpc) is 2.61. The zero-order valence-electron chi connectivity index (χ0n) is 9.52. The normalized spacial score (nSPS) is 13.0. The van der Waals surface area contributed by atoms with E-state index in [-0.39, 0.29) is 6.10 Å². The van der Waals surface area contributed by atoms with Gasteiger partial charge >= 0.3 is 0 Å². The van der Waals surface area contributed by atoms with Crippen LogP contribution in [0.15, 0.2) is 12.4 Å². The molecule has 0 aliphatic rings. The third-order valence-electron chi connectivity index (χ3n) is 2.51. The molecule has 1 rings (SSSR count). The molecule has 86 valence electrons. The van der Waals surface area contributed by atoms with Gasteiger partial charge in [-0.1, -0.05) is 0 Å². The first kappa shape index (κ1) is 12.6. The maximum Gasteiger partial charge on any atom is 0.108 e. The van der Waals surface area contributed by atoms with Crippen LogP contribution in [0, 0.1) is 0 Å². The summed E-state index contributed by atoms with van der Waals surface area (Å²) in [6, 6.07) is 0. The molecular weight excluding hydrogens is 208 g/mol. The lowest BCUT2D eigenvalue weighted by Gasteiger charge is -2.09. The number of hydrogen-bond acceptors (Lipinski definition) is 3. The summed E-state index contributed by atoms with van der Waals surface area (Å²) >= 11 is 1.83. The minimum atomic E-state index is -0.172. The van der Waals surface area contributed by atoms with E-state index >= 15 is 0 Å². The van der Waals surface area contributed by atoms with Crippen molar-refractivity contribution in [3.8, 4) is 0 Å². The lowest BCUT2D eigenvalue weighted by atomic mass is 10.1. The van der Waals surface area contributed by atoms with Crippen LogP contribution in [0.25, 0.3) is 0 Å². The van der Waals surface area contributed by atoms with Crippen LogP contribution in [0.4, 0.5) is 0 Å². The Morgan fingerprint density at radius 1 is 1.53 bits per heavy atom. The van der Waals surface area contributed by atoms with Crippen molar-refractivity contribution in [2.24, 2.45) is 7.05 Å². The lowest BCUT2D eigenvalue weighted by Crippen LogP contribution is -2.10. The van der Waals surface area contributed by atoms with Crippen molar-refractivity contribution in [1.82, 2.24) is 9.55 Å². The van der Waals surface area contributed by atoms with Crippen molar-refractivity contribution in [3.63, 3.8) is 0 Å². The van der Waals surface area contributed by atoms with Gasteiger partial charge in [0, 0.05) is 25.9 Å². The Bertz CT molecular complexity index is 275. The second-order valence-electron chi connectivity index (χ2n) is 3.78. The molecule has 0 fully saturated rings. The van der Waals surface area contributed by atoms with Crippen molar-refractivity contribution in [1.29, 1.82) is 0 Å². The van der Waals surface area contributed by atoms with E-state index in [0.29, 0.717) is 0 Å². The summed E-state index contributed by atoms with van der Waals surface area (Å²) in [6.45, 7) is 0. The van der Waals surface area contributed by atoms with Crippen molar-refractivity contribution in [2.75, 3.05) is 12.0 Å². The minimum absolute atomic E-state index is 0.172. The Morgan fingerprint density at radius 2 is 2.33 bits per heavy atom. The molecule has 0 radical (unpaired) electrons. The van der Waals surface area contributed by atoms with E-state index in [2.05, 4.69) is 11.2 Å². The quantitative estimate of drug-likeness (QED) is 0.724. The van der Waals surface area contributed by atoms with Crippen molar-refractivity contribution >= 4 is 11.8 Å². The third-order valence-corrected chi connectivity index (χ3v) is 3.20. The number of aliphatic hydroxyl groups excluding tert-OH is 1. The summed E-state index contributed by atoms with van der Waals surface area (Å²) in [5.74, 6) is 2.19. The van der Waals surface area contributed by atoms with Crippen LogP contribution in [-0.4, -0.2) is 32.8 Å². The first-order valence-electron chi connectivity index (χ1n) is 5.37. The smallest absolute Gasteiger partial charge is 0.108 e. The molecule has 0 amide bonds. The summed E-state index contributed by atoms with van der Waals surface area (Å²) in [5.41, 5.74) is 0. The first-order chi connectivity index (χ1) is 7.24. The van der Waals surface area contributed by atoms with E-state index in [0.717, 1.165) is 37.3 Å². The van der Waals surface area contributed by atoms with Crippen LogP contribution in [0.3, 0.4) is 0 Å². The van der Waals surface area contributed by atoms with Crippen molar-refractivity contribution in [3.05, 3.63) is 18.2 Å². The highest BCUT2D eigenvalue weighted by Crippen LogP contribution is 2.09. The molecule has 1 atom stereocenters. The van der Waals surface area contributed by atoms with Crippen LogP contribution in [0.2, 0.25) is 0 Å². The van der Waals surface area contributed by atoms with Gasteiger partial charge in [0.15, 0.2) is 0 Å². The van der Waals surface area contributed by atoms with Gasteiger partial charge in [0.2, 0.25) is 0 Å². The van der Waals surface area contributed by atoms with Gasteiger partial charge in [-0.25, -0.2) is 4.98 Å². The highest BCUT2D eigenvalue weighted by molar-refractivity contribution is 7.98. The molecule has 0 saturated heterocycles. The second-order valence-corrected chi connectivity index (χ2v) is 4.77. The standard InChI is InChI=1S/C11H20N2OS/c1-13-8-7-12-11(13)6-5-10(14)4-3-9-15-2/h7-8,10,14H,3-6,9H2,1-2H3. The number of aromatic nitrogens is 2. The molecule has 0 aliphatic heterocycles. The largest absolute Gasteiger partial charge is 0.393 e. The molecule has 15 heavy (non-hydrogen) atoms. The molecule has 0 bridgehead atoms. The zero-order valence-corrected chi connectivity index (χ0v) is 10.3.